The number of allylic oxidation sites excluding steroid dienone is 4. The highest BCUT2D eigenvalue weighted by molar-refractivity contribution is 5.27. The third-order valence-electron chi connectivity index (χ3n) is 3.56. The van der Waals surface area contributed by atoms with Crippen LogP contribution in [0, 0.1) is 17.3 Å². The van der Waals surface area contributed by atoms with Gasteiger partial charge in [0.25, 0.3) is 0 Å². The minimum absolute atomic E-state index is 0.0712. The van der Waals surface area contributed by atoms with Gasteiger partial charge in [-0.05, 0) is 36.3 Å². The zero-order chi connectivity index (χ0) is 10.9. The quantitative estimate of drug-likeness (QED) is 0.610. The summed E-state index contributed by atoms with van der Waals surface area (Å²) in [5.74, 6) is 0.722. The van der Waals surface area contributed by atoms with Crippen molar-refractivity contribution in [1.82, 2.24) is 0 Å². The van der Waals surface area contributed by atoms with E-state index in [-0.39, 0.29) is 11.2 Å². The number of hydrogen-bond donors (Lipinski definition) is 0. The van der Waals surface area contributed by atoms with Gasteiger partial charge in [-0.2, -0.15) is 0 Å². The van der Waals surface area contributed by atoms with E-state index in [1.54, 1.807) is 12.2 Å². The predicted molar refractivity (Wildman–Crippen MR) is 59.7 cm³/mol. The maximum atomic E-state index is 13.1. The molecule has 0 saturated heterocycles. The molecule has 1 aliphatic rings. The number of rotatable bonds is 2. The minimum atomic E-state index is -0.0712. The molecule has 0 fully saturated rings. The molecule has 0 nitrogen and oxygen atoms in total. The molecule has 2 atom stereocenters. The van der Waals surface area contributed by atoms with Crippen LogP contribution in [0.2, 0.25) is 0 Å². The monoisotopic (exact) mass is 196 g/mol. The Morgan fingerprint density at radius 3 is 2.43 bits per heavy atom. The van der Waals surface area contributed by atoms with E-state index in [9.17, 15) is 4.39 Å². The summed E-state index contributed by atoms with van der Waals surface area (Å²) >= 11 is 0. The molecule has 0 aromatic carbocycles. The lowest BCUT2D eigenvalue weighted by molar-refractivity contribution is 0.193. The summed E-state index contributed by atoms with van der Waals surface area (Å²) in [6, 6.07) is 0. The van der Waals surface area contributed by atoms with E-state index in [1.165, 1.54) is 5.57 Å². The van der Waals surface area contributed by atoms with Gasteiger partial charge in [0.1, 0.15) is 5.83 Å². The Labute approximate surface area is 86.9 Å². The summed E-state index contributed by atoms with van der Waals surface area (Å²) in [4.78, 5) is 0. The third kappa shape index (κ3) is 2.08. The fourth-order valence-corrected chi connectivity index (χ4v) is 2.67. The van der Waals surface area contributed by atoms with E-state index >= 15 is 0 Å². The average Bonchev–Trinajstić information content (AvgIpc) is 2.01. The average molecular weight is 196 g/mol. The maximum Gasteiger partial charge on any atom is 0.119 e. The van der Waals surface area contributed by atoms with E-state index in [0.29, 0.717) is 11.8 Å². The number of hydrogen-bond acceptors (Lipinski definition) is 0. The summed E-state index contributed by atoms with van der Waals surface area (Å²) < 4.78 is 13.1. The highest BCUT2D eigenvalue weighted by Gasteiger charge is 2.34. The molecule has 0 saturated carbocycles. The first kappa shape index (κ1) is 11.5. The summed E-state index contributed by atoms with van der Waals surface area (Å²) in [5, 5.41) is 0. The third-order valence-corrected chi connectivity index (χ3v) is 3.56. The Morgan fingerprint density at radius 2 is 2.00 bits per heavy atom. The van der Waals surface area contributed by atoms with Crippen molar-refractivity contribution >= 4 is 0 Å². The second-order valence-corrected chi connectivity index (χ2v) is 5.12. The zero-order valence-electron chi connectivity index (χ0n) is 9.89. The molecule has 2 unspecified atom stereocenters. The fraction of sp³-hybridized carbons (Fsp3) is 0.692. The largest absolute Gasteiger partial charge is 0.207 e. The number of halogens is 1. The Bertz CT molecular complexity index is 271. The highest BCUT2D eigenvalue weighted by Crippen LogP contribution is 2.43. The molecule has 0 spiro atoms. The van der Waals surface area contributed by atoms with Crippen LogP contribution in [0.25, 0.3) is 0 Å². The maximum absolute atomic E-state index is 13.1. The lowest BCUT2D eigenvalue weighted by Crippen LogP contribution is -2.30. The van der Waals surface area contributed by atoms with Crippen molar-refractivity contribution in [3.63, 3.8) is 0 Å². The molecule has 0 aromatic heterocycles. The zero-order valence-corrected chi connectivity index (χ0v) is 9.89. The fourth-order valence-electron chi connectivity index (χ4n) is 2.67. The van der Waals surface area contributed by atoms with Gasteiger partial charge < -0.3 is 0 Å². The van der Waals surface area contributed by atoms with Crippen LogP contribution in [0.4, 0.5) is 4.39 Å². The van der Waals surface area contributed by atoms with E-state index < -0.39 is 0 Å². The molecule has 0 bridgehead atoms. The first-order valence-corrected chi connectivity index (χ1v) is 5.44. The summed E-state index contributed by atoms with van der Waals surface area (Å²) in [5.41, 5.74) is 1.45. The van der Waals surface area contributed by atoms with E-state index in [1.807, 2.05) is 6.92 Å². The van der Waals surface area contributed by atoms with Gasteiger partial charge in [-0.25, -0.2) is 4.39 Å². The molecule has 0 aliphatic heterocycles. The predicted octanol–water partition coefficient (Wildman–Crippen LogP) is 4.49. The van der Waals surface area contributed by atoms with Gasteiger partial charge in [0.2, 0.25) is 0 Å². The minimum Gasteiger partial charge on any atom is -0.207 e. The lowest BCUT2D eigenvalue weighted by Gasteiger charge is -2.39. The molecule has 0 N–H and O–H groups in total. The second-order valence-electron chi connectivity index (χ2n) is 5.12. The van der Waals surface area contributed by atoms with Crippen LogP contribution in [-0.2, 0) is 0 Å². The Morgan fingerprint density at radius 1 is 1.43 bits per heavy atom. The molecule has 1 heteroatoms. The smallest absolute Gasteiger partial charge is 0.119 e. The molecule has 80 valence electrons. The van der Waals surface area contributed by atoms with E-state index in [2.05, 4.69) is 27.7 Å². The van der Waals surface area contributed by atoms with E-state index in [4.69, 9.17) is 0 Å². The van der Waals surface area contributed by atoms with Crippen molar-refractivity contribution in [3.8, 4) is 0 Å². The first-order chi connectivity index (χ1) is 6.38. The van der Waals surface area contributed by atoms with Crippen molar-refractivity contribution in [1.29, 1.82) is 0 Å². The van der Waals surface area contributed by atoms with Crippen LogP contribution in [0.5, 0.6) is 0 Å². The molecule has 0 radical (unpaired) electrons. The summed E-state index contributed by atoms with van der Waals surface area (Å²) in [7, 11) is 0. The topological polar surface area (TPSA) is 0 Å². The van der Waals surface area contributed by atoms with Gasteiger partial charge >= 0.3 is 0 Å². The Kier molecular flexibility index (Phi) is 3.18. The lowest BCUT2D eigenvalue weighted by atomic mass is 9.66. The molecule has 0 aromatic rings. The van der Waals surface area contributed by atoms with Crippen molar-refractivity contribution in [2.75, 3.05) is 0 Å². The van der Waals surface area contributed by atoms with Crippen LogP contribution in [0.1, 0.15) is 41.0 Å². The van der Waals surface area contributed by atoms with Gasteiger partial charge in [0, 0.05) is 0 Å². The van der Waals surface area contributed by atoms with Crippen LogP contribution >= 0.6 is 0 Å². The van der Waals surface area contributed by atoms with Crippen LogP contribution < -0.4 is 0 Å². The van der Waals surface area contributed by atoms with Gasteiger partial charge in [-0.15, -0.1) is 0 Å². The standard InChI is InChI=1S/C13H21F/c1-6-13(4,5)12-9(2)7-11(14)8-10(12)3/h7-9,12H,6H2,1-5H3. The molecule has 1 rings (SSSR count). The summed E-state index contributed by atoms with van der Waals surface area (Å²) in [6.07, 6.45) is 4.56. The van der Waals surface area contributed by atoms with Gasteiger partial charge in [-0.1, -0.05) is 39.7 Å². The van der Waals surface area contributed by atoms with Crippen LogP contribution in [-0.4, -0.2) is 0 Å². The van der Waals surface area contributed by atoms with Crippen LogP contribution in [0.15, 0.2) is 23.6 Å². The van der Waals surface area contributed by atoms with Gasteiger partial charge in [-0.3, -0.25) is 0 Å². The first-order valence-electron chi connectivity index (χ1n) is 5.44. The molecular weight excluding hydrogens is 175 g/mol. The van der Waals surface area contributed by atoms with Crippen molar-refractivity contribution < 1.29 is 4.39 Å². The Hall–Kier alpha value is -0.590. The molecule has 0 heterocycles. The van der Waals surface area contributed by atoms with Gasteiger partial charge in [0.15, 0.2) is 0 Å². The van der Waals surface area contributed by atoms with Crippen LogP contribution in [0.3, 0.4) is 0 Å². The molecule has 0 amide bonds. The van der Waals surface area contributed by atoms with Crippen molar-refractivity contribution in [3.05, 3.63) is 23.6 Å². The molecular formula is C13H21F. The van der Waals surface area contributed by atoms with E-state index in [0.717, 1.165) is 6.42 Å². The molecule has 1 aliphatic carbocycles. The van der Waals surface area contributed by atoms with Crippen molar-refractivity contribution in [2.45, 2.75) is 41.0 Å². The second kappa shape index (κ2) is 3.88. The van der Waals surface area contributed by atoms with Gasteiger partial charge in [0.05, 0.1) is 0 Å². The normalized spacial score (nSPS) is 28.4. The highest BCUT2D eigenvalue weighted by atomic mass is 19.1. The van der Waals surface area contributed by atoms with Crippen molar-refractivity contribution in [2.24, 2.45) is 17.3 Å². The SMILES string of the molecule is CCC(C)(C)C1C(C)=CC(F)=CC1C. The Balaban J connectivity index is 2.98. The summed E-state index contributed by atoms with van der Waals surface area (Å²) in [6.45, 7) is 10.9. The molecule has 14 heavy (non-hydrogen) atoms.